The summed E-state index contributed by atoms with van der Waals surface area (Å²) in [6.45, 7) is 4.03. The van der Waals surface area contributed by atoms with Gasteiger partial charge in [-0.15, -0.1) is 0 Å². The quantitative estimate of drug-likeness (QED) is 0.815. The molecule has 0 aliphatic carbocycles. The van der Waals surface area contributed by atoms with Gasteiger partial charge in [-0.2, -0.15) is 0 Å². The van der Waals surface area contributed by atoms with Gasteiger partial charge < -0.3 is 10.6 Å². The molecule has 1 aromatic rings. The third-order valence-corrected chi connectivity index (χ3v) is 2.87. The third kappa shape index (κ3) is 5.70. The Hall–Kier alpha value is -1.62. The number of nitrogens with one attached hydrogen (secondary N) is 2. The van der Waals surface area contributed by atoms with E-state index in [4.69, 9.17) is 0 Å². The molecule has 19 heavy (non-hydrogen) atoms. The van der Waals surface area contributed by atoms with E-state index in [-0.39, 0.29) is 11.8 Å². The molecule has 2 amide bonds. The molecule has 1 aromatic carbocycles. The van der Waals surface area contributed by atoms with Gasteiger partial charge in [-0.1, -0.05) is 28.1 Å². The highest BCUT2D eigenvalue weighted by atomic mass is 79.9. The Morgan fingerprint density at radius 2 is 2.16 bits per heavy atom. The molecule has 102 valence electrons. The van der Waals surface area contributed by atoms with Crippen LogP contribution >= 0.6 is 15.9 Å². The van der Waals surface area contributed by atoms with Crippen LogP contribution in [-0.2, 0) is 9.59 Å². The molecule has 0 fully saturated rings. The Kier molecular flexibility index (Phi) is 6.29. The fraction of sp³-hybridized carbons (Fsp3) is 0.286. The van der Waals surface area contributed by atoms with E-state index in [0.717, 1.165) is 10.0 Å². The van der Waals surface area contributed by atoms with E-state index in [1.165, 1.54) is 6.08 Å². The maximum Gasteiger partial charge on any atom is 0.244 e. The molecule has 0 saturated heterocycles. The molecule has 2 N–H and O–H groups in total. The molecular weight excluding hydrogens is 308 g/mol. The highest BCUT2D eigenvalue weighted by molar-refractivity contribution is 9.10. The predicted molar refractivity (Wildman–Crippen MR) is 79.5 cm³/mol. The largest absolute Gasteiger partial charge is 0.355 e. The maximum atomic E-state index is 11.6. The average Bonchev–Trinajstić information content (AvgIpc) is 2.36. The Balaban J connectivity index is 2.53. The van der Waals surface area contributed by atoms with E-state index < -0.39 is 6.04 Å². The number of benzene rings is 1. The van der Waals surface area contributed by atoms with Crippen LogP contribution in [0.25, 0.3) is 6.08 Å². The van der Waals surface area contributed by atoms with Gasteiger partial charge in [-0.05, 0) is 37.6 Å². The molecule has 0 aliphatic rings. The Bertz CT molecular complexity index is 486. The van der Waals surface area contributed by atoms with Crippen molar-refractivity contribution in [3.8, 4) is 0 Å². The number of likely N-dealkylation sites (N-methyl/N-ethyl adjacent to an activating group) is 1. The van der Waals surface area contributed by atoms with E-state index in [2.05, 4.69) is 26.6 Å². The van der Waals surface area contributed by atoms with Gasteiger partial charge in [0.1, 0.15) is 6.04 Å². The highest BCUT2D eigenvalue weighted by Crippen LogP contribution is 2.12. The SMILES string of the molecule is CCNC(=O)[C@@H](C)NC(=O)/C=C/c1cccc(Br)c1. The molecule has 1 atom stereocenters. The number of hydrogen-bond acceptors (Lipinski definition) is 2. The normalized spacial score (nSPS) is 12.2. The molecule has 0 unspecified atom stereocenters. The van der Waals surface area contributed by atoms with Crippen LogP contribution in [0.5, 0.6) is 0 Å². The van der Waals surface area contributed by atoms with Gasteiger partial charge in [0.15, 0.2) is 0 Å². The van der Waals surface area contributed by atoms with E-state index >= 15 is 0 Å². The van der Waals surface area contributed by atoms with Crippen LogP contribution in [0, 0.1) is 0 Å². The lowest BCUT2D eigenvalue weighted by Crippen LogP contribution is -2.44. The number of hydrogen-bond donors (Lipinski definition) is 2. The zero-order chi connectivity index (χ0) is 14.3. The molecule has 1 rings (SSSR count). The van der Waals surface area contributed by atoms with Crippen LogP contribution in [0.2, 0.25) is 0 Å². The van der Waals surface area contributed by atoms with Gasteiger partial charge >= 0.3 is 0 Å². The average molecular weight is 325 g/mol. The first-order chi connectivity index (χ1) is 9.02. The van der Waals surface area contributed by atoms with Crippen molar-refractivity contribution in [1.29, 1.82) is 0 Å². The fourth-order valence-electron chi connectivity index (χ4n) is 1.44. The molecule has 5 heteroatoms. The van der Waals surface area contributed by atoms with Crippen molar-refractivity contribution < 1.29 is 9.59 Å². The lowest BCUT2D eigenvalue weighted by atomic mass is 10.2. The van der Waals surface area contributed by atoms with Crippen molar-refractivity contribution in [1.82, 2.24) is 10.6 Å². The van der Waals surface area contributed by atoms with Gasteiger partial charge in [0.25, 0.3) is 0 Å². The standard InChI is InChI=1S/C14H17BrN2O2/c1-3-16-14(19)10(2)17-13(18)8-7-11-5-4-6-12(15)9-11/h4-10H,3H2,1-2H3,(H,16,19)(H,17,18)/b8-7+/t10-/m1/s1. The van der Waals surface area contributed by atoms with Gasteiger partial charge in [0, 0.05) is 17.1 Å². The third-order valence-electron chi connectivity index (χ3n) is 2.38. The Labute approximate surface area is 121 Å². The number of halogens is 1. The minimum absolute atomic E-state index is 0.188. The van der Waals surface area contributed by atoms with Crippen LogP contribution in [0.4, 0.5) is 0 Å². The van der Waals surface area contributed by atoms with E-state index in [0.29, 0.717) is 6.54 Å². The zero-order valence-corrected chi connectivity index (χ0v) is 12.5. The van der Waals surface area contributed by atoms with Gasteiger partial charge in [0.2, 0.25) is 11.8 Å². The Morgan fingerprint density at radius 1 is 1.42 bits per heavy atom. The maximum absolute atomic E-state index is 11.6. The number of carbonyl (C=O) groups excluding carboxylic acids is 2. The fourth-order valence-corrected chi connectivity index (χ4v) is 1.85. The van der Waals surface area contributed by atoms with Crippen molar-refractivity contribution in [3.63, 3.8) is 0 Å². The molecule has 0 aliphatic heterocycles. The van der Waals surface area contributed by atoms with Gasteiger partial charge in [0.05, 0.1) is 0 Å². The van der Waals surface area contributed by atoms with Crippen LogP contribution < -0.4 is 10.6 Å². The summed E-state index contributed by atoms with van der Waals surface area (Å²) in [5.41, 5.74) is 0.912. The van der Waals surface area contributed by atoms with E-state index in [1.807, 2.05) is 31.2 Å². The second kappa shape index (κ2) is 7.74. The molecule has 0 radical (unpaired) electrons. The van der Waals surface area contributed by atoms with Gasteiger partial charge in [-0.25, -0.2) is 0 Å². The zero-order valence-electron chi connectivity index (χ0n) is 10.9. The lowest BCUT2D eigenvalue weighted by molar-refractivity contribution is -0.126. The van der Waals surface area contributed by atoms with Crippen LogP contribution in [-0.4, -0.2) is 24.4 Å². The summed E-state index contributed by atoms with van der Waals surface area (Å²) in [5.74, 6) is -0.481. The monoisotopic (exact) mass is 324 g/mol. The summed E-state index contributed by atoms with van der Waals surface area (Å²) in [7, 11) is 0. The first kappa shape index (κ1) is 15.4. The number of rotatable bonds is 5. The second-order valence-corrected chi connectivity index (χ2v) is 4.93. The van der Waals surface area contributed by atoms with Gasteiger partial charge in [-0.3, -0.25) is 9.59 Å². The molecule has 0 heterocycles. The van der Waals surface area contributed by atoms with Crippen LogP contribution in [0.1, 0.15) is 19.4 Å². The number of amides is 2. The summed E-state index contributed by atoms with van der Waals surface area (Å²) in [4.78, 5) is 23.1. The van der Waals surface area contributed by atoms with Crippen molar-refractivity contribution in [2.75, 3.05) is 6.54 Å². The summed E-state index contributed by atoms with van der Waals surface area (Å²) in [6.07, 6.45) is 3.11. The van der Waals surface area contributed by atoms with Crippen molar-refractivity contribution in [2.24, 2.45) is 0 Å². The minimum Gasteiger partial charge on any atom is -0.355 e. The molecule has 0 aromatic heterocycles. The topological polar surface area (TPSA) is 58.2 Å². The highest BCUT2D eigenvalue weighted by Gasteiger charge is 2.12. The molecule has 4 nitrogen and oxygen atoms in total. The van der Waals surface area contributed by atoms with Crippen molar-refractivity contribution in [2.45, 2.75) is 19.9 Å². The van der Waals surface area contributed by atoms with Crippen LogP contribution in [0.15, 0.2) is 34.8 Å². The lowest BCUT2D eigenvalue weighted by Gasteiger charge is -2.11. The minimum atomic E-state index is -0.542. The second-order valence-electron chi connectivity index (χ2n) is 4.01. The summed E-state index contributed by atoms with van der Waals surface area (Å²) < 4.78 is 0.950. The first-order valence-corrected chi connectivity index (χ1v) is 6.84. The number of carbonyl (C=O) groups is 2. The Morgan fingerprint density at radius 3 is 2.79 bits per heavy atom. The van der Waals surface area contributed by atoms with Crippen molar-refractivity contribution >= 4 is 33.8 Å². The van der Waals surface area contributed by atoms with Crippen LogP contribution in [0.3, 0.4) is 0 Å². The summed E-state index contributed by atoms with van der Waals surface area (Å²) in [5, 5.41) is 5.25. The molecular formula is C14H17BrN2O2. The smallest absolute Gasteiger partial charge is 0.244 e. The molecule has 0 saturated carbocycles. The summed E-state index contributed by atoms with van der Waals surface area (Å²) in [6, 6.07) is 7.05. The molecule has 0 spiro atoms. The van der Waals surface area contributed by atoms with E-state index in [9.17, 15) is 9.59 Å². The molecule has 0 bridgehead atoms. The summed E-state index contributed by atoms with van der Waals surface area (Å²) >= 11 is 3.36. The van der Waals surface area contributed by atoms with E-state index in [1.54, 1.807) is 13.0 Å². The van der Waals surface area contributed by atoms with Crippen molar-refractivity contribution in [3.05, 3.63) is 40.4 Å². The first-order valence-electron chi connectivity index (χ1n) is 6.04. The predicted octanol–water partition coefficient (Wildman–Crippen LogP) is 2.10.